The van der Waals surface area contributed by atoms with E-state index in [1.807, 2.05) is 64.2 Å². The smallest absolute Gasteiger partial charge is 0.241 e. The van der Waals surface area contributed by atoms with Crippen LogP contribution in [0.3, 0.4) is 0 Å². The Morgan fingerprint density at radius 2 is 1.48 bits per heavy atom. The van der Waals surface area contributed by atoms with Crippen molar-refractivity contribution >= 4 is 11.6 Å². The summed E-state index contributed by atoms with van der Waals surface area (Å²) in [6.45, 7) is 5.73. The van der Waals surface area contributed by atoms with E-state index in [2.05, 4.69) is 40.0 Å². The molecule has 27 heavy (non-hydrogen) atoms. The second-order valence-electron chi connectivity index (χ2n) is 6.80. The van der Waals surface area contributed by atoms with Crippen LogP contribution in [0.4, 0.5) is 5.69 Å². The molecule has 0 bridgehead atoms. The molecule has 0 aliphatic rings. The molecule has 3 aromatic rings. The van der Waals surface area contributed by atoms with E-state index in [4.69, 9.17) is 0 Å². The maximum absolute atomic E-state index is 12.8. The normalized spacial score (nSPS) is 12.2. The molecule has 2 aromatic carbocycles. The topological polar surface area (TPSA) is 59.0 Å². The number of aromatic nitrogens is 2. The number of rotatable bonds is 6. The molecule has 0 unspecified atom stereocenters. The third-order valence-corrected chi connectivity index (χ3v) is 4.83. The maximum atomic E-state index is 12.8. The van der Waals surface area contributed by atoms with Gasteiger partial charge in [-0.25, -0.2) is 0 Å². The largest absolute Gasteiger partial charge is 0.322 e. The van der Waals surface area contributed by atoms with Crippen LogP contribution in [0.1, 0.15) is 35.5 Å². The lowest BCUT2D eigenvalue weighted by Gasteiger charge is -2.24. The summed E-state index contributed by atoms with van der Waals surface area (Å²) in [6, 6.07) is 19.9. The van der Waals surface area contributed by atoms with Crippen LogP contribution in [0.2, 0.25) is 0 Å². The number of hydrogen-bond donors (Lipinski definition) is 2. The lowest BCUT2D eigenvalue weighted by Crippen LogP contribution is -2.40. The number of carbonyl (C=O) groups is 1. The third-order valence-electron chi connectivity index (χ3n) is 4.83. The monoisotopic (exact) mass is 362 g/mol. The van der Waals surface area contributed by atoms with Crippen LogP contribution in [-0.4, -0.2) is 21.7 Å². The van der Waals surface area contributed by atoms with E-state index in [0.717, 1.165) is 28.2 Å². The van der Waals surface area contributed by atoms with Gasteiger partial charge < -0.3 is 5.32 Å². The van der Waals surface area contributed by atoms with Gasteiger partial charge in [0.05, 0.1) is 29.2 Å². The zero-order valence-corrected chi connectivity index (χ0v) is 16.2. The van der Waals surface area contributed by atoms with Gasteiger partial charge in [-0.3, -0.25) is 14.8 Å². The molecule has 140 valence electrons. The molecule has 3 rings (SSSR count). The first-order valence-corrected chi connectivity index (χ1v) is 9.14. The SMILES string of the molecule is Cc1nn(C)c(C)c1NC(=O)[C@@H](C)NC(c1ccccc1)c1ccccc1. The summed E-state index contributed by atoms with van der Waals surface area (Å²) < 4.78 is 1.78. The Bertz CT molecular complexity index is 863. The van der Waals surface area contributed by atoms with E-state index < -0.39 is 0 Å². The zero-order chi connectivity index (χ0) is 19.4. The summed E-state index contributed by atoms with van der Waals surface area (Å²) in [4.78, 5) is 12.8. The van der Waals surface area contributed by atoms with Gasteiger partial charge in [0.1, 0.15) is 0 Å². The number of benzene rings is 2. The molecule has 1 atom stereocenters. The van der Waals surface area contributed by atoms with E-state index in [9.17, 15) is 4.79 Å². The highest BCUT2D eigenvalue weighted by Gasteiger charge is 2.22. The molecular formula is C22H26N4O. The average Bonchev–Trinajstić information content (AvgIpc) is 2.93. The predicted molar refractivity (Wildman–Crippen MR) is 109 cm³/mol. The number of anilines is 1. The maximum Gasteiger partial charge on any atom is 0.241 e. The lowest BCUT2D eigenvalue weighted by molar-refractivity contribution is -0.117. The van der Waals surface area contributed by atoms with Crippen LogP contribution in [0, 0.1) is 13.8 Å². The van der Waals surface area contributed by atoms with Crippen molar-refractivity contribution in [1.29, 1.82) is 0 Å². The van der Waals surface area contributed by atoms with Crippen LogP contribution >= 0.6 is 0 Å². The highest BCUT2D eigenvalue weighted by molar-refractivity contribution is 5.95. The summed E-state index contributed by atoms with van der Waals surface area (Å²) in [6.07, 6.45) is 0. The molecule has 1 heterocycles. The van der Waals surface area contributed by atoms with Crippen molar-refractivity contribution < 1.29 is 4.79 Å². The van der Waals surface area contributed by atoms with E-state index in [0.29, 0.717) is 0 Å². The van der Waals surface area contributed by atoms with Crippen molar-refractivity contribution in [3.63, 3.8) is 0 Å². The Labute approximate surface area is 160 Å². The van der Waals surface area contributed by atoms with Gasteiger partial charge >= 0.3 is 0 Å². The highest BCUT2D eigenvalue weighted by atomic mass is 16.2. The van der Waals surface area contributed by atoms with Crippen molar-refractivity contribution in [3.8, 4) is 0 Å². The molecule has 2 N–H and O–H groups in total. The van der Waals surface area contributed by atoms with E-state index in [1.165, 1.54) is 0 Å². The van der Waals surface area contributed by atoms with E-state index in [-0.39, 0.29) is 18.0 Å². The molecule has 0 radical (unpaired) electrons. The minimum Gasteiger partial charge on any atom is -0.322 e. The third kappa shape index (κ3) is 4.26. The molecule has 0 spiro atoms. The molecule has 0 aliphatic heterocycles. The minimum atomic E-state index is -0.380. The zero-order valence-electron chi connectivity index (χ0n) is 16.2. The quantitative estimate of drug-likeness (QED) is 0.702. The summed E-state index contributed by atoms with van der Waals surface area (Å²) in [7, 11) is 1.88. The standard InChI is InChI=1S/C22H26N4O/c1-15-20(17(3)26(4)25-15)24-22(27)16(2)23-21(18-11-7-5-8-12-18)19-13-9-6-10-14-19/h5-14,16,21,23H,1-4H3,(H,24,27)/t16-/m1/s1. The van der Waals surface area contributed by atoms with Gasteiger partial charge in [-0.2, -0.15) is 5.10 Å². The van der Waals surface area contributed by atoms with Crippen LogP contribution in [0.25, 0.3) is 0 Å². The fourth-order valence-corrected chi connectivity index (χ4v) is 3.19. The number of amides is 1. The van der Waals surface area contributed by atoms with Crippen molar-refractivity contribution in [2.45, 2.75) is 32.9 Å². The predicted octanol–water partition coefficient (Wildman–Crippen LogP) is 3.74. The van der Waals surface area contributed by atoms with Crippen LogP contribution in [0.5, 0.6) is 0 Å². The fraction of sp³-hybridized carbons (Fsp3) is 0.273. The van der Waals surface area contributed by atoms with Crippen molar-refractivity contribution in [3.05, 3.63) is 83.2 Å². The second kappa shape index (κ2) is 8.18. The van der Waals surface area contributed by atoms with Crippen LogP contribution < -0.4 is 10.6 Å². The fourth-order valence-electron chi connectivity index (χ4n) is 3.19. The summed E-state index contributed by atoms with van der Waals surface area (Å²) in [5.74, 6) is -0.0777. The first-order valence-electron chi connectivity index (χ1n) is 9.14. The summed E-state index contributed by atoms with van der Waals surface area (Å²) >= 11 is 0. The van der Waals surface area contributed by atoms with Crippen molar-refractivity contribution in [1.82, 2.24) is 15.1 Å². The molecule has 5 heteroatoms. The molecule has 5 nitrogen and oxygen atoms in total. The van der Waals surface area contributed by atoms with Gasteiger partial charge in [-0.1, -0.05) is 60.7 Å². The first kappa shape index (κ1) is 18.9. The Morgan fingerprint density at radius 3 is 1.93 bits per heavy atom. The number of nitrogens with zero attached hydrogens (tertiary/aromatic N) is 2. The Hall–Kier alpha value is -2.92. The molecular weight excluding hydrogens is 336 g/mol. The van der Waals surface area contributed by atoms with Gasteiger partial charge in [0.15, 0.2) is 0 Å². The highest BCUT2D eigenvalue weighted by Crippen LogP contribution is 2.23. The van der Waals surface area contributed by atoms with Gasteiger partial charge in [0.25, 0.3) is 0 Å². The van der Waals surface area contributed by atoms with Gasteiger partial charge in [-0.15, -0.1) is 0 Å². The van der Waals surface area contributed by atoms with Crippen molar-refractivity contribution in [2.75, 3.05) is 5.32 Å². The first-order chi connectivity index (χ1) is 13.0. The molecule has 0 aliphatic carbocycles. The molecule has 1 aromatic heterocycles. The number of hydrogen-bond acceptors (Lipinski definition) is 3. The summed E-state index contributed by atoms with van der Waals surface area (Å²) in [5, 5.41) is 10.9. The molecule has 0 saturated heterocycles. The number of aryl methyl sites for hydroxylation is 2. The average molecular weight is 362 g/mol. The van der Waals surface area contributed by atoms with E-state index in [1.54, 1.807) is 4.68 Å². The lowest BCUT2D eigenvalue weighted by atomic mass is 9.98. The molecule has 0 saturated carbocycles. The number of carbonyl (C=O) groups excluding carboxylic acids is 1. The van der Waals surface area contributed by atoms with Gasteiger partial charge in [0, 0.05) is 7.05 Å². The van der Waals surface area contributed by atoms with Crippen LogP contribution in [0.15, 0.2) is 60.7 Å². The Balaban J connectivity index is 1.80. The van der Waals surface area contributed by atoms with E-state index >= 15 is 0 Å². The Morgan fingerprint density at radius 1 is 0.963 bits per heavy atom. The summed E-state index contributed by atoms with van der Waals surface area (Å²) in [5.41, 5.74) is 4.79. The van der Waals surface area contributed by atoms with Crippen LogP contribution in [-0.2, 0) is 11.8 Å². The van der Waals surface area contributed by atoms with Gasteiger partial charge in [0.2, 0.25) is 5.91 Å². The number of nitrogens with one attached hydrogen (secondary N) is 2. The molecule has 0 fully saturated rings. The van der Waals surface area contributed by atoms with Gasteiger partial charge in [-0.05, 0) is 31.9 Å². The second-order valence-corrected chi connectivity index (χ2v) is 6.80. The van der Waals surface area contributed by atoms with Crippen molar-refractivity contribution in [2.24, 2.45) is 7.05 Å². The minimum absolute atomic E-state index is 0.0655. The Kier molecular flexibility index (Phi) is 5.72. The molecule has 1 amide bonds.